The van der Waals surface area contributed by atoms with E-state index in [0.29, 0.717) is 17.0 Å². The number of methoxy groups -OCH3 is 1. The molecule has 0 heterocycles. The monoisotopic (exact) mass is 236 g/mol. The van der Waals surface area contributed by atoms with Gasteiger partial charge in [0.25, 0.3) is 0 Å². The molecule has 0 spiro atoms. The molecule has 17 heavy (non-hydrogen) atoms. The zero-order chi connectivity index (χ0) is 12.3. The van der Waals surface area contributed by atoms with E-state index in [1.54, 1.807) is 25.3 Å². The van der Waals surface area contributed by atoms with Gasteiger partial charge in [0.15, 0.2) is 0 Å². The van der Waals surface area contributed by atoms with Gasteiger partial charge >= 0.3 is 7.12 Å². The van der Waals surface area contributed by atoms with Crippen molar-refractivity contribution in [1.29, 1.82) is 0 Å². The summed E-state index contributed by atoms with van der Waals surface area (Å²) in [6, 6.07) is 5.08. The second kappa shape index (κ2) is 5.43. The van der Waals surface area contributed by atoms with E-state index in [9.17, 15) is 10.0 Å². The van der Waals surface area contributed by atoms with Crippen molar-refractivity contribution in [3.63, 3.8) is 0 Å². The van der Waals surface area contributed by atoms with Crippen LogP contribution in [0.1, 0.15) is 25.7 Å². The molecule has 92 valence electrons. The van der Waals surface area contributed by atoms with Crippen molar-refractivity contribution in [2.24, 2.45) is 0 Å². The highest BCUT2D eigenvalue weighted by Gasteiger charge is 2.22. The summed E-state index contributed by atoms with van der Waals surface area (Å²) in [4.78, 5) is 0. The molecule has 4 nitrogen and oxygen atoms in total. The Hall–Kier alpha value is -1.20. The number of hydrogen-bond donors (Lipinski definition) is 2. The van der Waals surface area contributed by atoms with E-state index in [4.69, 9.17) is 9.47 Å². The van der Waals surface area contributed by atoms with Crippen LogP contribution in [0.4, 0.5) is 0 Å². The molecular weight excluding hydrogens is 219 g/mol. The maximum atomic E-state index is 9.32. The smallest absolute Gasteiger partial charge is 0.492 e. The maximum Gasteiger partial charge on any atom is 0.492 e. The summed E-state index contributed by atoms with van der Waals surface area (Å²) in [5.41, 5.74) is 0.358. The first-order valence-electron chi connectivity index (χ1n) is 5.91. The molecular formula is C12H17BO4. The summed E-state index contributed by atoms with van der Waals surface area (Å²) in [6.07, 6.45) is 4.62. The molecule has 1 aliphatic rings. The van der Waals surface area contributed by atoms with Gasteiger partial charge in [-0.05, 0) is 43.9 Å². The van der Waals surface area contributed by atoms with E-state index in [1.165, 1.54) is 12.8 Å². The molecule has 0 radical (unpaired) electrons. The van der Waals surface area contributed by atoms with Crippen LogP contribution >= 0.6 is 0 Å². The third-order valence-corrected chi connectivity index (χ3v) is 3.09. The molecule has 0 aliphatic heterocycles. The van der Waals surface area contributed by atoms with Crippen molar-refractivity contribution in [2.45, 2.75) is 31.8 Å². The van der Waals surface area contributed by atoms with Crippen LogP contribution in [0.5, 0.6) is 11.5 Å². The third-order valence-electron chi connectivity index (χ3n) is 3.09. The van der Waals surface area contributed by atoms with Crippen LogP contribution < -0.4 is 14.9 Å². The Morgan fingerprint density at radius 3 is 2.53 bits per heavy atom. The lowest BCUT2D eigenvalue weighted by Crippen LogP contribution is -2.32. The quantitative estimate of drug-likeness (QED) is 0.755. The van der Waals surface area contributed by atoms with Gasteiger partial charge in [-0.15, -0.1) is 0 Å². The number of benzene rings is 1. The Morgan fingerprint density at radius 2 is 1.94 bits per heavy atom. The van der Waals surface area contributed by atoms with E-state index in [0.717, 1.165) is 12.8 Å². The molecule has 1 saturated carbocycles. The van der Waals surface area contributed by atoms with Crippen LogP contribution in [-0.2, 0) is 0 Å². The van der Waals surface area contributed by atoms with Crippen molar-refractivity contribution in [3.8, 4) is 11.5 Å². The Bertz CT molecular complexity index is 375. The molecule has 0 atom stereocenters. The largest absolute Gasteiger partial charge is 0.497 e. The topological polar surface area (TPSA) is 58.9 Å². The molecule has 1 aromatic rings. The van der Waals surface area contributed by atoms with Crippen LogP contribution in [0.15, 0.2) is 18.2 Å². The Labute approximate surface area is 101 Å². The summed E-state index contributed by atoms with van der Waals surface area (Å²) in [5.74, 6) is 1.12. The lowest BCUT2D eigenvalue weighted by molar-refractivity contribution is 0.211. The zero-order valence-corrected chi connectivity index (χ0v) is 9.93. The molecule has 1 aliphatic carbocycles. The first-order chi connectivity index (χ1) is 8.20. The second-order valence-electron chi connectivity index (χ2n) is 4.30. The molecule has 2 N–H and O–H groups in total. The first kappa shape index (κ1) is 12.3. The van der Waals surface area contributed by atoms with E-state index in [1.807, 2.05) is 0 Å². The van der Waals surface area contributed by atoms with Gasteiger partial charge in [0.05, 0.1) is 13.2 Å². The summed E-state index contributed by atoms with van der Waals surface area (Å²) < 4.78 is 10.8. The third kappa shape index (κ3) is 2.93. The standard InChI is InChI=1S/C12H17BO4/c1-16-10-6-7-12(11(8-10)13(14)15)17-9-4-2-3-5-9/h6-9,14-15H,2-5H2,1H3. The van der Waals surface area contributed by atoms with Crippen LogP contribution in [0, 0.1) is 0 Å². The number of ether oxygens (including phenoxy) is 2. The van der Waals surface area contributed by atoms with Gasteiger partial charge in [0.2, 0.25) is 0 Å². The van der Waals surface area contributed by atoms with Crippen LogP contribution in [0.3, 0.4) is 0 Å². The predicted molar refractivity (Wildman–Crippen MR) is 65.7 cm³/mol. The van der Waals surface area contributed by atoms with Gasteiger partial charge in [-0.25, -0.2) is 0 Å². The predicted octanol–water partition coefficient (Wildman–Crippen LogP) is 0.696. The number of hydrogen-bond acceptors (Lipinski definition) is 4. The van der Waals surface area contributed by atoms with E-state index >= 15 is 0 Å². The van der Waals surface area contributed by atoms with Crippen LogP contribution in [0.25, 0.3) is 0 Å². The van der Waals surface area contributed by atoms with Crippen molar-refractivity contribution in [2.75, 3.05) is 7.11 Å². The Balaban J connectivity index is 2.19. The Kier molecular flexibility index (Phi) is 3.91. The van der Waals surface area contributed by atoms with E-state index in [2.05, 4.69) is 0 Å². The SMILES string of the molecule is COc1ccc(OC2CCCC2)c(B(O)O)c1. The molecule has 0 saturated heterocycles. The minimum absolute atomic E-state index is 0.195. The van der Waals surface area contributed by atoms with Gasteiger partial charge in [-0.1, -0.05) is 0 Å². The molecule has 5 heteroatoms. The summed E-state index contributed by atoms with van der Waals surface area (Å²) in [7, 11) is 0.00176. The molecule has 0 unspecified atom stereocenters. The van der Waals surface area contributed by atoms with Gasteiger partial charge in [0, 0.05) is 5.46 Å². The van der Waals surface area contributed by atoms with Gasteiger partial charge in [-0.2, -0.15) is 0 Å². The van der Waals surface area contributed by atoms with Crippen molar-refractivity contribution < 1.29 is 19.5 Å². The molecule has 0 aromatic heterocycles. The molecule has 2 rings (SSSR count). The average molecular weight is 236 g/mol. The Morgan fingerprint density at radius 1 is 1.24 bits per heavy atom. The minimum Gasteiger partial charge on any atom is -0.497 e. The fourth-order valence-corrected chi connectivity index (χ4v) is 2.15. The van der Waals surface area contributed by atoms with Gasteiger partial charge in [0.1, 0.15) is 11.5 Å². The highest BCUT2D eigenvalue weighted by atomic mass is 16.5. The van der Waals surface area contributed by atoms with Crippen molar-refractivity contribution >= 4 is 12.6 Å². The highest BCUT2D eigenvalue weighted by Crippen LogP contribution is 2.24. The molecule has 0 bridgehead atoms. The molecule has 1 aromatic carbocycles. The second-order valence-corrected chi connectivity index (χ2v) is 4.30. The van der Waals surface area contributed by atoms with Crippen molar-refractivity contribution in [1.82, 2.24) is 0 Å². The van der Waals surface area contributed by atoms with Gasteiger partial charge < -0.3 is 19.5 Å². The molecule has 1 fully saturated rings. The lowest BCUT2D eigenvalue weighted by atomic mass is 9.79. The zero-order valence-electron chi connectivity index (χ0n) is 9.93. The van der Waals surface area contributed by atoms with Crippen LogP contribution in [0.2, 0.25) is 0 Å². The van der Waals surface area contributed by atoms with E-state index in [-0.39, 0.29) is 6.10 Å². The summed E-state index contributed by atoms with van der Waals surface area (Å²) >= 11 is 0. The van der Waals surface area contributed by atoms with E-state index < -0.39 is 7.12 Å². The maximum absolute atomic E-state index is 9.32. The van der Waals surface area contributed by atoms with Crippen LogP contribution in [-0.4, -0.2) is 30.4 Å². The molecule has 0 amide bonds. The first-order valence-corrected chi connectivity index (χ1v) is 5.91. The van der Waals surface area contributed by atoms with Gasteiger partial charge in [-0.3, -0.25) is 0 Å². The highest BCUT2D eigenvalue weighted by molar-refractivity contribution is 6.59. The minimum atomic E-state index is -1.54. The number of rotatable bonds is 4. The fraction of sp³-hybridized carbons (Fsp3) is 0.500. The average Bonchev–Trinajstić information content (AvgIpc) is 2.82. The summed E-state index contributed by atoms with van der Waals surface area (Å²) in [6.45, 7) is 0. The fourth-order valence-electron chi connectivity index (χ4n) is 2.15. The van der Waals surface area contributed by atoms with Crippen molar-refractivity contribution in [3.05, 3.63) is 18.2 Å². The lowest BCUT2D eigenvalue weighted by Gasteiger charge is -2.17. The normalized spacial score (nSPS) is 15.9. The summed E-state index contributed by atoms with van der Waals surface area (Å²) in [5, 5.41) is 18.6.